The van der Waals surface area contributed by atoms with Gasteiger partial charge in [0.25, 0.3) is 5.91 Å². The first-order chi connectivity index (χ1) is 15.5. The van der Waals surface area contributed by atoms with Crippen LogP contribution in [0.3, 0.4) is 0 Å². The highest BCUT2D eigenvalue weighted by molar-refractivity contribution is 6.09. The Balaban J connectivity index is 1.45. The summed E-state index contributed by atoms with van der Waals surface area (Å²) in [6.07, 6.45) is 0. The molecule has 0 radical (unpaired) electrons. The molecule has 3 aromatic carbocycles. The zero-order valence-corrected chi connectivity index (χ0v) is 17.5. The minimum atomic E-state index is -1.20. The number of rotatable bonds is 5. The summed E-state index contributed by atoms with van der Waals surface area (Å²) in [7, 11) is 1.56. The number of imide groups is 1. The predicted octanol–water partition coefficient (Wildman–Crippen LogP) is 3.87. The molecule has 2 heterocycles. The number of amides is 3. The van der Waals surface area contributed by atoms with Gasteiger partial charge in [-0.3, -0.25) is 9.69 Å². The van der Waals surface area contributed by atoms with Crippen molar-refractivity contribution in [1.82, 2.24) is 20.4 Å². The van der Waals surface area contributed by atoms with Gasteiger partial charge in [-0.1, -0.05) is 59.8 Å². The SMILES string of the molecule is COc1ccccc1-c1noc(CN2C(=O)N[C@@](C)(c3cccc4ccccc34)C2=O)n1. The van der Waals surface area contributed by atoms with Crippen molar-refractivity contribution in [2.24, 2.45) is 0 Å². The number of carbonyl (C=O) groups is 2. The highest BCUT2D eigenvalue weighted by atomic mass is 16.5. The Morgan fingerprint density at radius 2 is 1.78 bits per heavy atom. The molecular weight excluding hydrogens is 408 g/mol. The summed E-state index contributed by atoms with van der Waals surface area (Å²) < 4.78 is 10.7. The lowest BCUT2D eigenvalue weighted by Gasteiger charge is -2.23. The van der Waals surface area contributed by atoms with Gasteiger partial charge in [0.15, 0.2) is 0 Å². The minimum Gasteiger partial charge on any atom is -0.496 e. The first-order valence-electron chi connectivity index (χ1n) is 10.1. The van der Waals surface area contributed by atoms with Gasteiger partial charge in [-0.25, -0.2) is 4.79 Å². The van der Waals surface area contributed by atoms with Crippen molar-refractivity contribution in [3.63, 3.8) is 0 Å². The van der Waals surface area contributed by atoms with E-state index in [1.165, 1.54) is 0 Å². The van der Waals surface area contributed by atoms with E-state index in [0.29, 0.717) is 17.1 Å². The van der Waals surface area contributed by atoms with E-state index in [9.17, 15) is 9.59 Å². The largest absolute Gasteiger partial charge is 0.496 e. The molecule has 1 aromatic heterocycles. The minimum absolute atomic E-state index is 0.132. The van der Waals surface area contributed by atoms with Crippen molar-refractivity contribution in [3.05, 3.63) is 78.2 Å². The molecule has 0 bridgehead atoms. The second kappa shape index (κ2) is 7.49. The fourth-order valence-corrected chi connectivity index (χ4v) is 4.08. The van der Waals surface area contributed by atoms with Crippen molar-refractivity contribution in [2.45, 2.75) is 19.0 Å². The number of carbonyl (C=O) groups excluding carboxylic acids is 2. The van der Waals surface area contributed by atoms with Crippen LogP contribution in [-0.2, 0) is 16.9 Å². The Kier molecular flexibility index (Phi) is 4.62. The lowest BCUT2D eigenvalue weighted by atomic mass is 9.88. The van der Waals surface area contributed by atoms with Gasteiger partial charge in [-0.05, 0) is 35.4 Å². The normalized spacial score (nSPS) is 18.2. The molecule has 8 nitrogen and oxygen atoms in total. The number of aromatic nitrogens is 2. The number of fused-ring (bicyclic) bond motifs is 1. The summed E-state index contributed by atoms with van der Waals surface area (Å²) in [5.74, 6) is 0.687. The first-order valence-corrected chi connectivity index (χ1v) is 10.1. The molecule has 32 heavy (non-hydrogen) atoms. The summed E-state index contributed by atoms with van der Waals surface area (Å²) in [4.78, 5) is 31.6. The monoisotopic (exact) mass is 428 g/mol. The predicted molar refractivity (Wildman–Crippen MR) is 117 cm³/mol. The number of benzene rings is 3. The van der Waals surface area contributed by atoms with Crippen molar-refractivity contribution in [3.8, 4) is 17.1 Å². The second-order valence-corrected chi connectivity index (χ2v) is 7.69. The molecule has 1 N–H and O–H groups in total. The first kappa shape index (κ1) is 19.7. The van der Waals surface area contributed by atoms with E-state index in [4.69, 9.17) is 9.26 Å². The smallest absolute Gasteiger partial charge is 0.325 e. The van der Waals surface area contributed by atoms with Crippen molar-refractivity contribution >= 4 is 22.7 Å². The van der Waals surface area contributed by atoms with E-state index < -0.39 is 11.6 Å². The Labute approximate surface area is 183 Å². The number of nitrogens with zero attached hydrogens (tertiary/aromatic N) is 3. The molecule has 1 fully saturated rings. The van der Waals surface area contributed by atoms with Gasteiger partial charge in [-0.2, -0.15) is 4.98 Å². The van der Waals surface area contributed by atoms with Gasteiger partial charge in [0.2, 0.25) is 11.7 Å². The van der Waals surface area contributed by atoms with Gasteiger partial charge in [0.1, 0.15) is 17.8 Å². The number of hydrogen-bond donors (Lipinski definition) is 1. The molecule has 1 aliphatic heterocycles. The average molecular weight is 428 g/mol. The third kappa shape index (κ3) is 3.08. The van der Waals surface area contributed by atoms with Gasteiger partial charge in [0.05, 0.1) is 12.7 Å². The van der Waals surface area contributed by atoms with E-state index in [-0.39, 0.29) is 18.3 Å². The third-order valence-corrected chi connectivity index (χ3v) is 5.71. The molecule has 1 aliphatic rings. The van der Waals surface area contributed by atoms with Crippen LogP contribution in [-0.4, -0.2) is 34.1 Å². The molecule has 1 atom stereocenters. The zero-order valence-electron chi connectivity index (χ0n) is 17.5. The quantitative estimate of drug-likeness (QED) is 0.485. The number of ether oxygens (including phenoxy) is 1. The zero-order chi connectivity index (χ0) is 22.3. The maximum absolute atomic E-state index is 13.4. The van der Waals surface area contributed by atoms with E-state index in [2.05, 4.69) is 15.5 Å². The molecule has 4 aromatic rings. The van der Waals surface area contributed by atoms with Crippen LogP contribution >= 0.6 is 0 Å². The standard InChI is InChI=1S/C24H20N4O4/c1-24(18-12-7-9-15-8-3-4-10-16(15)18)22(29)28(23(30)26-24)14-20-25-21(27-32-20)17-11-5-6-13-19(17)31-2/h3-13H,14H2,1-2H3,(H,26,30)/t24-/m0/s1. The topological polar surface area (TPSA) is 97.6 Å². The highest BCUT2D eigenvalue weighted by Gasteiger charge is 2.50. The number of methoxy groups -OCH3 is 1. The average Bonchev–Trinajstić information content (AvgIpc) is 3.37. The molecule has 3 amide bonds. The third-order valence-electron chi connectivity index (χ3n) is 5.71. The summed E-state index contributed by atoms with van der Waals surface area (Å²) in [5.41, 5.74) is 0.183. The van der Waals surface area contributed by atoms with Crippen LogP contribution in [0, 0.1) is 0 Å². The number of urea groups is 1. The number of para-hydroxylation sites is 1. The van der Waals surface area contributed by atoms with Crippen LogP contribution in [0.1, 0.15) is 18.4 Å². The second-order valence-electron chi connectivity index (χ2n) is 7.69. The number of nitrogens with one attached hydrogen (secondary N) is 1. The van der Waals surface area contributed by atoms with Gasteiger partial charge in [-0.15, -0.1) is 0 Å². The van der Waals surface area contributed by atoms with E-state index in [1.54, 1.807) is 26.2 Å². The molecular formula is C24H20N4O4. The van der Waals surface area contributed by atoms with Crippen molar-refractivity contribution < 1.29 is 18.8 Å². The molecule has 0 spiro atoms. The van der Waals surface area contributed by atoms with Crippen LogP contribution in [0.5, 0.6) is 5.75 Å². The fourth-order valence-electron chi connectivity index (χ4n) is 4.08. The van der Waals surface area contributed by atoms with Crippen molar-refractivity contribution in [2.75, 3.05) is 7.11 Å². The lowest BCUT2D eigenvalue weighted by molar-refractivity contribution is -0.131. The van der Waals surface area contributed by atoms with Gasteiger partial charge < -0.3 is 14.6 Å². The van der Waals surface area contributed by atoms with Crippen LogP contribution in [0.4, 0.5) is 4.79 Å². The summed E-state index contributed by atoms with van der Waals surface area (Å²) >= 11 is 0. The van der Waals surface area contributed by atoms with E-state index >= 15 is 0 Å². The van der Waals surface area contributed by atoms with Crippen molar-refractivity contribution in [1.29, 1.82) is 0 Å². The van der Waals surface area contributed by atoms with Crippen LogP contribution in [0.15, 0.2) is 71.3 Å². The highest BCUT2D eigenvalue weighted by Crippen LogP contribution is 2.34. The van der Waals surface area contributed by atoms with Gasteiger partial charge in [0, 0.05) is 0 Å². The molecule has 0 unspecified atom stereocenters. The Morgan fingerprint density at radius 3 is 2.62 bits per heavy atom. The summed E-state index contributed by atoms with van der Waals surface area (Å²) in [6.45, 7) is 1.58. The molecule has 160 valence electrons. The maximum Gasteiger partial charge on any atom is 0.325 e. The molecule has 0 aliphatic carbocycles. The number of hydrogen-bond acceptors (Lipinski definition) is 6. The Morgan fingerprint density at radius 1 is 1.03 bits per heavy atom. The molecule has 1 saturated heterocycles. The molecule has 5 rings (SSSR count). The maximum atomic E-state index is 13.4. The summed E-state index contributed by atoms with van der Waals surface area (Å²) in [6, 6.07) is 20.2. The van der Waals surface area contributed by atoms with Gasteiger partial charge >= 0.3 is 6.03 Å². The molecule has 0 saturated carbocycles. The van der Waals surface area contributed by atoms with Crippen LogP contribution in [0.2, 0.25) is 0 Å². The lowest BCUT2D eigenvalue weighted by Crippen LogP contribution is -2.41. The van der Waals surface area contributed by atoms with Crippen LogP contribution < -0.4 is 10.1 Å². The van der Waals surface area contributed by atoms with E-state index in [0.717, 1.165) is 21.2 Å². The van der Waals surface area contributed by atoms with E-state index in [1.807, 2.05) is 54.6 Å². The summed E-state index contributed by atoms with van der Waals surface area (Å²) in [5, 5.41) is 8.73. The molecule has 8 heteroatoms. The Hall–Kier alpha value is -4.20. The fraction of sp³-hybridized carbons (Fsp3) is 0.167. The Bertz CT molecular complexity index is 1340. The van der Waals surface area contributed by atoms with Crippen LogP contribution in [0.25, 0.3) is 22.2 Å².